The van der Waals surface area contributed by atoms with E-state index in [4.69, 9.17) is 23.7 Å². The Hall–Kier alpha value is -3.95. The summed E-state index contributed by atoms with van der Waals surface area (Å²) in [6.45, 7) is 3.06. The summed E-state index contributed by atoms with van der Waals surface area (Å²) in [5, 5.41) is 12.8. The molecule has 0 bridgehead atoms. The van der Waals surface area contributed by atoms with E-state index in [9.17, 15) is 19.5 Å². The van der Waals surface area contributed by atoms with Crippen LogP contribution in [0.2, 0.25) is 0 Å². The molecule has 0 aliphatic carbocycles. The van der Waals surface area contributed by atoms with Gasteiger partial charge in [0.05, 0.1) is 39.0 Å². The molecule has 2 N–H and O–H groups in total. The molecule has 1 heterocycles. The summed E-state index contributed by atoms with van der Waals surface area (Å²) in [6.07, 6.45) is 0.129. The Morgan fingerprint density at radius 2 is 1.76 bits per heavy atom. The predicted octanol–water partition coefficient (Wildman–Crippen LogP) is 2.96. The first-order valence-electron chi connectivity index (χ1n) is 9.94. The number of phenolic OH excluding ortho intramolecular Hbond substituents is 1. The first kappa shape index (κ1) is 23.7. The molecular formula is C23H25NO9. The first-order valence-corrected chi connectivity index (χ1v) is 9.94. The van der Waals surface area contributed by atoms with Gasteiger partial charge in [0.1, 0.15) is 28.4 Å². The number of ether oxygens (including phenoxy) is 5. The summed E-state index contributed by atoms with van der Waals surface area (Å²) in [4.78, 5) is 37.0. The zero-order valence-corrected chi connectivity index (χ0v) is 18.9. The molecule has 10 nitrogen and oxygen atoms in total. The lowest BCUT2D eigenvalue weighted by atomic mass is 9.92. The number of carbonyl (C=O) groups is 3. The van der Waals surface area contributed by atoms with E-state index in [-0.39, 0.29) is 52.0 Å². The number of carbonyl (C=O) groups excluding carboxylic acids is 3. The van der Waals surface area contributed by atoms with Crippen molar-refractivity contribution in [2.45, 2.75) is 25.9 Å². The fourth-order valence-electron chi connectivity index (χ4n) is 3.43. The molecule has 3 rings (SSSR count). The largest absolute Gasteiger partial charge is 0.507 e. The second kappa shape index (κ2) is 9.27. The van der Waals surface area contributed by atoms with E-state index in [0.29, 0.717) is 5.75 Å². The standard InChI is InChI=1S/C23H25NO9/c1-23(2)10-16(26)21-15(25)6-12(7-19(21)33-23)32-11-20(27)24-14-9-18(30-4)17(29-3)8-13(14)22(28)31-5/h6-9,25H,10-11H2,1-5H3,(H,24,27). The average Bonchev–Trinajstić information content (AvgIpc) is 2.75. The average molecular weight is 459 g/mol. The van der Waals surface area contributed by atoms with Crippen molar-refractivity contribution in [1.29, 1.82) is 0 Å². The number of hydrogen-bond donors (Lipinski definition) is 2. The molecule has 0 spiro atoms. The van der Waals surface area contributed by atoms with Gasteiger partial charge >= 0.3 is 5.97 Å². The molecule has 0 radical (unpaired) electrons. The van der Waals surface area contributed by atoms with Crippen molar-refractivity contribution in [3.8, 4) is 28.7 Å². The summed E-state index contributed by atoms with van der Waals surface area (Å²) < 4.78 is 26.4. The van der Waals surface area contributed by atoms with Crippen LogP contribution in [0.15, 0.2) is 24.3 Å². The maximum atomic E-state index is 12.5. The lowest BCUT2D eigenvalue weighted by Crippen LogP contribution is -2.35. The van der Waals surface area contributed by atoms with Crippen molar-refractivity contribution in [2.75, 3.05) is 33.3 Å². The monoisotopic (exact) mass is 459 g/mol. The molecular weight excluding hydrogens is 434 g/mol. The number of amides is 1. The van der Waals surface area contributed by atoms with Gasteiger partial charge in [0.15, 0.2) is 23.9 Å². The molecule has 10 heteroatoms. The minimum Gasteiger partial charge on any atom is -0.507 e. The van der Waals surface area contributed by atoms with Gasteiger partial charge in [-0.15, -0.1) is 0 Å². The molecule has 176 valence electrons. The number of methoxy groups -OCH3 is 3. The van der Waals surface area contributed by atoms with Gasteiger partial charge in [0, 0.05) is 24.3 Å². The number of Topliss-reactive ketones (excluding diaryl/α,β-unsaturated/α-hetero) is 1. The highest BCUT2D eigenvalue weighted by molar-refractivity contribution is 6.03. The highest BCUT2D eigenvalue weighted by Gasteiger charge is 2.35. The summed E-state index contributed by atoms with van der Waals surface area (Å²) in [7, 11) is 4.04. The SMILES string of the molecule is COC(=O)c1cc(OC)c(OC)cc1NC(=O)COc1cc(O)c2c(c1)OC(C)(C)CC2=O. The van der Waals surface area contributed by atoms with E-state index in [1.165, 1.54) is 45.6 Å². The number of nitrogens with one attached hydrogen (secondary N) is 1. The molecule has 33 heavy (non-hydrogen) atoms. The number of rotatable bonds is 7. The Kier molecular flexibility index (Phi) is 6.66. The second-order valence-electron chi connectivity index (χ2n) is 7.86. The van der Waals surface area contributed by atoms with Crippen LogP contribution in [-0.4, -0.2) is 56.3 Å². The zero-order valence-electron chi connectivity index (χ0n) is 18.9. The van der Waals surface area contributed by atoms with Gasteiger partial charge in [-0.3, -0.25) is 9.59 Å². The minimum atomic E-state index is -0.732. The number of anilines is 1. The van der Waals surface area contributed by atoms with Crippen LogP contribution < -0.4 is 24.3 Å². The van der Waals surface area contributed by atoms with Crippen molar-refractivity contribution in [3.63, 3.8) is 0 Å². The zero-order chi connectivity index (χ0) is 24.3. The number of esters is 1. The maximum absolute atomic E-state index is 12.5. The Labute approximate surface area is 190 Å². The van der Waals surface area contributed by atoms with Crippen molar-refractivity contribution in [1.82, 2.24) is 0 Å². The van der Waals surface area contributed by atoms with Crippen LogP contribution in [-0.2, 0) is 9.53 Å². The number of fused-ring (bicyclic) bond motifs is 1. The molecule has 0 aromatic heterocycles. The Bertz CT molecular complexity index is 1110. The van der Waals surface area contributed by atoms with Gasteiger partial charge < -0.3 is 34.1 Å². The number of ketones is 1. The topological polar surface area (TPSA) is 130 Å². The maximum Gasteiger partial charge on any atom is 0.340 e. The fourth-order valence-corrected chi connectivity index (χ4v) is 3.43. The molecule has 1 amide bonds. The van der Waals surface area contributed by atoms with Crippen LogP contribution in [0.25, 0.3) is 0 Å². The Balaban J connectivity index is 1.78. The van der Waals surface area contributed by atoms with Crippen molar-refractivity contribution < 1.29 is 43.2 Å². The normalized spacial score (nSPS) is 13.9. The van der Waals surface area contributed by atoms with Gasteiger partial charge in [-0.2, -0.15) is 0 Å². The quantitative estimate of drug-likeness (QED) is 0.600. The fraction of sp³-hybridized carbons (Fsp3) is 0.348. The third-order valence-corrected chi connectivity index (χ3v) is 4.88. The first-order chi connectivity index (χ1) is 15.6. The van der Waals surface area contributed by atoms with E-state index >= 15 is 0 Å². The molecule has 0 atom stereocenters. The molecule has 0 unspecified atom stereocenters. The highest BCUT2D eigenvalue weighted by Crippen LogP contribution is 2.41. The van der Waals surface area contributed by atoms with E-state index in [2.05, 4.69) is 5.32 Å². The predicted molar refractivity (Wildman–Crippen MR) is 117 cm³/mol. The molecule has 0 saturated heterocycles. The summed E-state index contributed by atoms with van der Waals surface area (Å²) in [5.41, 5.74) is -0.454. The summed E-state index contributed by atoms with van der Waals surface area (Å²) >= 11 is 0. The minimum absolute atomic E-state index is 0.0593. The van der Waals surface area contributed by atoms with E-state index < -0.39 is 24.1 Å². The van der Waals surface area contributed by atoms with Gasteiger partial charge in [0.2, 0.25) is 0 Å². The highest BCUT2D eigenvalue weighted by atomic mass is 16.5. The lowest BCUT2D eigenvalue weighted by molar-refractivity contribution is -0.118. The van der Waals surface area contributed by atoms with Crippen molar-refractivity contribution in [2.24, 2.45) is 0 Å². The van der Waals surface area contributed by atoms with Crippen LogP contribution in [0, 0.1) is 0 Å². The van der Waals surface area contributed by atoms with Crippen LogP contribution >= 0.6 is 0 Å². The van der Waals surface area contributed by atoms with Gasteiger partial charge in [0.25, 0.3) is 5.91 Å². The molecule has 2 aromatic carbocycles. The van der Waals surface area contributed by atoms with E-state index in [1.54, 1.807) is 13.8 Å². The Morgan fingerprint density at radius 3 is 2.39 bits per heavy atom. The molecule has 2 aromatic rings. The van der Waals surface area contributed by atoms with Crippen LogP contribution in [0.1, 0.15) is 41.0 Å². The van der Waals surface area contributed by atoms with E-state index in [1.807, 2.05) is 0 Å². The summed E-state index contributed by atoms with van der Waals surface area (Å²) in [6, 6.07) is 5.49. The number of benzene rings is 2. The van der Waals surface area contributed by atoms with Crippen molar-refractivity contribution >= 4 is 23.3 Å². The van der Waals surface area contributed by atoms with Crippen LogP contribution in [0.4, 0.5) is 5.69 Å². The summed E-state index contributed by atoms with van der Waals surface area (Å²) in [5.74, 6) is -0.923. The number of hydrogen-bond acceptors (Lipinski definition) is 9. The van der Waals surface area contributed by atoms with Crippen LogP contribution in [0.5, 0.6) is 28.7 Å². The van der Waals surface area contributed by atoms with Crippen molar-refractivity contribution in [3.05, 3.63) is 35.4 Å². The smallest absolute Gasteiger partial charge is 0.340 e. The van der Waals surface area contributed by atoms with E-state index in [0.717, 1.165) is 0 Å². The number of aromatic hydroxyl groups is 1. The molecule has 1 aliphatic rings. The second-order valence-corrected chi connectivity index (χ2v) is 7.86. The Morgan fingerprint density at radius 1 is 1.09 bits per heavy atom. The third kappa shape index (κ3) is 5.11. The third-order valence-electron chi connectivity index (χ3n) is 4.88. The lowest BCUT2D eigenvalue weighted by Gasteiger charge is -2.32. The van der Waals surface area contributed by atoms with Gasteiger partial charge in [-0.25, -0.2) is 4.79 Å². The molecule has 0 fully saturated rings. The van der Waals surface area contributed by atoms with Gasteiger partial charge in [-0.1, -0.05) is 0 Å². The number of phenols is 1. The van der Waals surface area contributed by atoms with Crippen LogP contribution in [0.3, 0.4) is 0 Å². The molecule has 1 aliphatic heterocycles. The molecule has 0 saturated carbocycles. The van der Waals surface area contributed by atoms with Gasteiger partial charge in [-0.05, 0) is 13.8 Å².